The number of hydrogen-bond acceptors (Lipinski definition) is 1. The van der Waals surface area contributed by atoms with Crippen molar-refractivity contribution in [3.05, 3.63) is 35.6 Å². The fourth-order valence-electron chi connectivity index (χ4n) is 1.05. The maximum absolute atomic E-state index is 12.7. The number of alkyl halides is 2. The smallest absolute Gasteiger partial charge is 0.251 e. The number of amides is 1. The monoisotopic (exact) mass is 351 g/mol. The molecule has 0 fully saturated rings. The molecule has 0 atom stereocenters. The Balaban J connectivity index is 2.76. The van der Waals surface area contributed by atoms with Gasteiger partial charge in [0.2, 0.25) is 0 Å². The maximum atomic E-state index is 12.7. The SMILES string of the molecule is CC(CBr)(CBr)NC(=O)c1ccc(F)cc1. The molecule has 0 spiro atoms. The first kappa shape index (κ1) is 13.6. The minimum atomic E-state index is -0.356. The molecular weight excluding hydrogens is 341 g/mol. The molecule has 88 valence electrons. The van der Waals surface area contributed by atoms with Crippen molar-refractivity contribution in [3.8, 4) is 0 Å². The van der Waals surface area contributed by atoms with Crippen molar-refractivity contribution in [1.82, 2.24) is 5.32 Å². The average Bonchev–Trinajstić information content (AvgIpc) is 2.29. The zero-order valence-corrected chi connectivity index (χ0v) is 11.9. The molecule has 0 aliphatic carbocycles. The second-order valence-corrected chi connectivity index (χ2v) is 4.91. The van der Waals surface area contributed by atoms with Gasteiger partial charge >= 0.3 is 0 Å². The molecule has 16 heavy (non-hydrogen) atoms. The lowest BCUT2D eigenvalue weighted by Crippen LogP contribution is -2.48. The summed E-state index contributed by atoms with van der Waals surface area (Å²) in [5.41, 5.74) is 0.0976. The van der Waals surface area contributed by atoms with Crippen LogP contribution in [0.4, 0.5) is 4.39 Å². The van der Waals surface area contributed by atoms with Crippen molar-refractivity contribution in [2.45, 2.75) is 12.5 Å². The summed E-state index contributed by atoms with van der Waals surface area (Å²) in [4.78, 5) is 11.8. The Kier molecular flexibility index (Phi) is 4.92. The number of benzene rings is 1. The Morgan fingerprint density at radius 1 is 1.31 bits per heavy atom. The molecule has 1 aromatic carbocycles. The van der Waals surface area contributed by atoms with Gasteiger partial charge in [0.1, 0.15) is 5.82 Å². The molecule has 1 amide bonds. The molecule has 1 rings (SSSR count). The molecule has 5 heteroatoms. The fraction of sp³-hybridized carbons (Fsp3) is 0.364. The third-order valence-electron chi connectivity index (χ3n) is 2.11. The summed E-state index contributed by atoms with van der Waals surface area (Å²) >= 11 is 6.68. The van der Waals surface area contributed by atoms with Crippen LogP contribution in [-0.2, 0) is 0 Å². The zero-order chi connectivity index (χ0) is 12.2. The van der Waals surface area contributed by atoms with Crippen molar-refractivity contribution in [2.75, 3.05) is 10.7 Å². The first-order valence-corrected chi connectivity index (χ1v) is 6.95. The molecule has 0 unspecified atom stereocenters. The molecule has 0 aliphatic rings. The van der Waals surface area contributed by atoms with Gasteiger partial charge in [0.25, 0.3) is 5.91 Å². The van der Waals surface area contributed by atoms with Gasteiger partial charge in [-0.05, 0) is 31.2 Å². The lowest BCUT2D eigenvalue weighted by molar-refractivity contribution is 0.0923. The Hall–Kier alpha value is -0.420. The third-order valence-corrected chi connectivity index (χ3v) is 4.59. The van der Waals surface area contributed by atoms with E-state index in [1.54, 1.807) is 0 Å². The number of rotatable bonds is 4. The highest BCUT2D eigenvalue weighted by atomic mass is 79.9. The Morgan fingerprint density at radius 2 is 1.81 bits per heavy atom. The van der Waals surface area contributed by atoms with Crippen LogP contribution in [0.5, 0.6) is 0 Å². The second kappa shape index (κ2) is 5.77. The van der Waals surface area contributed by atoms with E-state index in [1.165, 1.54) is 24.3 Å². The van der Waals surface area contributed by atoms with Crippen LogP contribution in [0.25, 0.3) is 0 Å². The molecule has 0 bridgehead atoms. The average molecular weight is 353 g/mol. The van der Waals surface area contributed by atoms with Gasteiger partial charge in [0.05, 0.1) is 5.54 Å². The minimum Gasteiger partial charge on any atom is -0.345 e. The van der Waals surface area contributed by atoms with E-state index in [0.29, 0.717) is 16.2 Å². The summed E-state index contributed by atoms with van der Waals surface area (Å²) in [6.45, 7) is 1.91. The van der Waals surface area contributed by atoms with Crippen molar-refractivity contribution in [1.29, 1.82) is 0 Å². The topological polar surface area (TPSA) is 29.1 Å². The third kappa shape index (κ3) is 3.56. The minimum absolute atomic E-state index is 0.207. The van der Waals surface area contributed by atoms with Gasteiger partial charge in [-0.1, -0.05) is 31.9 Å². The standard InChI is InChI=1S/C11H12Br2FNO/c1-11(6-12,7-13)15-10(16)8-2-4-9(14)5-3-8/h2-5H,6-7H2,1H3,(H,15,16). The van der Waals surface area contributed by atoms with Crippen LogP contribution in [-0.4, -0.2) is 22.1 Å². The highest BCUT2D eigenvalue weighted by Crippen LogP contribution is 2.13. The molecule has 0 aromatic heterocycles. The van der Waals surface area contributed by atoms with Crippen molar-refractivity contribution in [2.24, 2.45) is 0 Å². The van der Waals surface area contributed by atoms with Crippen LogP contribution in [0.15, 0.2) is 24.3 Å². The number of carbonyl (C=O) groups is 1. The van der Waals surface area contributed by atoms with Crippen molar-refractivity contribution >= 4 is 37.8 Å². The predicted molar refractivity (Wildman–Crippen MR) is 69.9 cm³/mol. The lowest BCUT2D eigenvalue weighted by Gasteiger charge is -2.26. The number of halogens is 3. The van der Waals surface area contributed by atoms with Gasteiger partial charge < -0.3 is 5.32 Å². The van der Waals surface area contributed by atoms with Crippen LogP contribution in [0.1, 0.15) is 17.3 Å². The largest absolute Gasteiger partial charge is 0.345 e. The highest BCUT2D eigenvalue weighted by Gasteiger charge is 2.24. The van der Waals surface area contributed by atoms with E-state index >= 15 is 0 Å². The maximum Gasteiger partial charge on any atom is 0.251 e. The van der Waals surface area contributed by atoms with Crippen LogP contribution in [0, 0.1) is 5.82 Å². The fourth-order valence-corrected chi connectivity index (χ4v) is 2.26. The van der Waals surface area contributed by atoms with Crippen molar-refractivity contribution in [3.63, 3.8) is 0 Å². The first-order chi connectivity index (χ1) is 7.50. The van der Waals surface area contributed by atoms with E-state index in [9.17, 15) is 9.18 Å². The van der Waals surface area contributed by atoms with E-state index in [1.807, 2.05) is 6.92 Å². The van der Waals surface area contributed by atoms with Crippen molar-refractivity contribution < 1.29 is 9.18 Å². The van der Waals surface area contributed by atoms with Gasteiger partial charge in [-0.25, -0.2) is 4.39 Å². The molecule has 0 heterocycles. The van der Waals surface area contributed by atoms with Crippen LogP contribution in [0.2, 0.25) is 0 Å². The Labute approximate surface area is 111 Å². The normalized spacial score (nSPS) is 11.2. The molecule has 0 saturated carbocycles. The van der Waals surface area contributed by atoms with Gasteiger partial charge in [-0.15, -0.1) is 0 Å². The Morgan fingerprint density at radius 3 is 2.25 bits per heavy atom. The molecule has 0 aliphatic heterocycles. The quantitative estimate of drug-likeness (QED) is 0.829. The summed E-state index contributed by atoms with van der Waals surface area (Å²) < 4.78 is 12.7. The van der Waals surface area contributed by atoms with E-state index in [-0.39, 0.29) is 17.3 Å². The molecule has 0 saturated heterocycles. The van der Waals surface area contributed by atoms with E-state index in [2.05, 4.69) is 37.2 Å². The van der Waals surface area contributed by atoms with Gasteiger partial charge in [0.15, 0.2) is 0 Å². The molecule has 1 N–H and O–H groups in total. The molecule has 0 radical (unpaired) electrons. The molecule has 2 nitrogen and oxygen atoms in total. The highest BCUT2D eigenvalue weighted by molar-refractivity contribution is 9.09. The van der Waals surface area contributed by atoms with Crippen LogP contribution < -0.4 is 5.32 Å². The number of carbonyl (C=O) groups excluding carboxylic acids is 1. The van der Waals surface area contributed by atoms with Gasteiger partial charge in [0, 0.05) is 16.2 Å². The zero-order valence-electron chi connectivity index (χ0n) is 8.77. The van der Waals surface area contributed by atoms with Crippen LogP contribution in [0.3, 0.4) is 0 Å². The van der Waals surface area contributed by atoms with E-state index < -0.39 is 0 Å². The summed E-state index contributed by atoms with van der Waals surface area (Å²) in [5, 5.41) is 4.15. The summed E-state index contributed by atoms with van der Waals surface area (Å²) in [6.07, 6.45) is 0. The number of nitrogens with one attached hydrogen (secondary N) is 1. The lowest BCUT2D eigenvalue weighted by atomic mass is 10.1. The van der Waals surface area contributed by atoms with E-state index in [0.717, 1.165) is 0 Å². The summed E-state index contributed by atoms with van der Waals surface area (Å²) in [5.74, 6) is -0.554. The molecule has 1 aromatic rings. The summed E-state index contributed by atoms with van der Waals surface area (Å²) in [6, 6.07) is 5.48. The number of hydrogen-bond donors (Lipinski definition) is 1. The van der Waals surface area contributed by atoms with Crippen LogP contribution >= 0.6 is 31.9 Å². The van der Waals surface area contributed by atoms with E-state index in [4.69, 9.17) is 0 Å². The van der Waals surface area contributed by atoms with Gasteiger partial charge in [-0.2, -0.15) is 0 Å². The van der Waals surface area contributed by atoms with Gasteiger partial charge in [-0.3, -0.25) is 4.79 Å². The summed E-state index contributed by atoms with van der Waals surface area (Å²) in [7, 11) is 0. The predicted octanol–water partition coefficient (Wildman–Crippen LogP) is 3.10. The first-order valence-electron chi connectivity index (χ1n) is 4.71. The molecular formula is C11H12Br2FNO. The Bertz CT molecular complexity index is 363. The second-order valence-electron chi connectivity index (χ2n) is 3.79.